The molecule has 0 radical (unpaired) electrons. The van der Waals surface area contributed by atoms with Crippen molar-refractivity contribution in [2.75, 3.05) is 11.6 Å². The molecule has 0 saturated heterocycles. The molecule has 128 valence electrons. The topological polar surface area (TPSA) is 69.3 Å². The van der Waals surface area contributed by atoms with E-state index in [4.69, 9.17) is 0 Å². The van der Waals surface area contributed by atoms with Crippen LogP contribution < -0.4 is 5.01 Å². The van der Waals surface area contributed by atoms with E-state index in [2.05, 4.69) is 16.2 Å². The summed E-state index contributed by atoms with van der Waals surface area (Å²) in [5.74, 6) is -1.11. The Hall–Kier alpha value is -3.04. The number of hydrogen-bond donors (Lipinski definition) is 0. The molecule has 1 atom stereocenters. The Bertz CT molecular complexity index is 1010. The van der Waals surface area contributed by atoms with E-state index in [-0.39, 0.29) is 5.78 Å². The van der Waals surface area contributed by atoms with Crippen LogP contribution in [0.5, 0.6) is 0 Å². The van der Waals surface area contributed by atoms with Gasteiger partial charge in [-0.15, -0.1) is 11.3 Å². The largest absolute Gasteiger partial charge is 0.292 e. The molecule has 0 fully saturated rings. The molecule has 0 aliphatic carbocycles. The van der Waals surface area contributed by atoms with Crippen molar-refractivity contribution in [3.05, 3.63) is 59.1 Å². The first-order valence-electron chi connectivity index (χ1n) is 8.36. The van der Waals surface area contributed by atoms with Gasteiger partial charge in [-0.3, -0.25) is 9.80 Å². The highest BCUT2D eigenvalue weighted by atomic mass is 32.1. The second-order valence-electron chi connectivity index (χ2n) is 6.20. The molecule has 4 rings (SSSR count). The highest BCUT2D eigenvalue weighted by molar-refractivity contribution is 7.18. The van der Waals surface area contributed by atoms with Gasteiger partial charge in [0, 0.05) is 24.2 Å². The fraction of sp³-hybridized carbons (Fsp3) is 0.200. The van der Waals surface area contributed by atoms with E-state index >= 15 is 0 Å². The molecular weight excluding hydrogens is 344 g/mol. The van der Waals surface area contributed by atoms with Crippen LogP contribution in [0.15, 0.2) is 53.6 Å². The highest BCUT2D eigenvalue weighted by Crippen LogP contribution is 2.30. The van der Waals surface area contributed by atoms with Gasteiger partial charge in [-0.2, -0.15) is 10.4 Å². The number of Topliss-reactive ketones (excluding diaryl/α,β-unsaturated/α-hetero) is 1. The van der Waals surface area contributed by atoms with Crippen molar-refractivity contribution >= 4 is 38.7 Å². The van der Waals surface area contributed by atoms with Crippen LogP contribution in [0, 0.1) is 11.3 Å². The first kappa shape index (κ1) is 16.4. The lowest BCUT2D eigenvalue weighted by Crippen LogP contribution is -2.13. The molecule has 0 bridgehead atoms. The number of benzene rings is 2. The van der Waals surface area contributed by atoms with E-state index in [0.717, 1.165) is 34.6 Å². The van der Waals surface area contributed by atoms with Gasteiger partial charge < -0.3 is 0 Å². The van der Waals surface area contributed by atoms with Crippen molar-refractivity contribution in [2.45, 2.75) is 19.3 Å². The summed E-state index contributed by atoms with van der Waals surface area (Å²) < 4.78 is 0.980. The predicted molar refractivity (Wildman–Crippen MR) is 104 cm³/mol. The van der Waals surface area contributed by atoms with Crippen LogP contribution in [0.25, 0.3) is 10.2 Å². The number of carbonyl (C=O) groups is 1. The first-order valence-corrected chi connectivity index (χ1v) is 9.18. The minimum Gasteiger partial charge on any atom is -0.292 e. The molecule has 6 heteroatoms. The molecule has 0 amide bonds. The number of hydrogen-bond acceptors (Lipinski definition) is 6. The van der Waals surface area contributed by atoms with E-state index in [0.29, 0.717) is 10.6 Å². The molecule has 0 spiro atoms. The van der Waals surface area contributed by atoms with Gasteiger partial charge in [-0.1, -0.05) is 12.1 Å². The molecule has 5 nitrogen and oxygen atoms in total. The Balaban J connectivity index is 1.60. The van der Waals surface area contributed by atoms with Crippen LogP contribution in [0.4, 0.5) is 5.69 Å². The minimum absolute atomic E-state index is 0.223. The number of fused-ring (bicyclic) bond motifs is 1. The summed E-state index contributed by atoms with van der Waals surface area (Å²) in [4.78, 5) is 17.3. The zero-order valence-corrected chi connectivity index (χ0v) is 15.0. The number of aromatic nitrogens is 1. The number of nitrogens with zero attached hydrogens (tertiary/aromatic N) is 4. The van der Waals surface area contributed by atoms with E-state index in [1.165, 1.54) is 11.3 Å². The van der Waals surface area contributed by atoms with Gasteiger partial charge in [0.1, 0.15) is 5.01 Å². The molecule has 1 aliphatic heterocycles. The van der Waals surface area contributed by atoms with Gasteiger partial charge in [0.2, 0.25) is 0 Å². The van der Waals surface area contributed by atoms with Crippen LogP contribution >= 0.6 is 11.3 Å². The fourth-order valence-corrected chi connectivity index (χ4v) is 3.98. The molecule has 0 saturated carbocycles. The first-order chi connectivity index (χ1) is 12.7. The number of para-hydroxylation sites is 1. The van der Waals surface area contributed by atoms with Crippen molar-refractivity contribution in [3.8, 4) is 6.07 Å². The normalized spacial score (nSPS) is 14.9. The lowest BCUT2D eigenvalue weighted by molar-refractivity contribution is 0.0979. The Kier molecular flexibility index (Phi) is 4.23. The standard InChI is InChI=1S/C20H16N4OS/c1-13-10-11-24(23-13)15-8-6-14(7-9-15)19(25)16(12-21)20-22-17-4-2-3-5-18(17)26-20/h2-9,16H,10-11H2,1H3/t16-/m1/s1. The fourth-order valence-electron chi connectivity index (χ4n) is 2.96. The van der Waals surface area contributed by atoms with E-state index in [1.54, 1.807) is 12.1 Å². The molecule has 0 unspecified atom stereocenters. The number of rotatable bonds is 4. The summed E-state index contributed by atoms with van der Waals surface area (Å²) in [5, 5.41) is 16.5. The van der Waals surface area contributed by atoms with Crippen molar-refractivity contribution in [2.24, 2.45) is 5.10 Å². The van der Waals surface area contributed by atoms with Crippen molar-refractivity contribution in [1.29, 1.82) is 5.26 Å². The average molecular weight is 360 g/mol. The van der Waals surface area contributed by atoms with Crippen molar-refractivity contribution in [3.63, 3.8) is 0 Å². The average Bonchev–Trinajstić information content (AvgIpc) is 3.28. The van der Waals surface area contributed by atoms with Crippen LogP contribution in [0.3, 0.4) is 0 Å². The zero-order valence-electron chi connectivity index (χ0n) is 14.2. The maximum absolute atomic E-state index is 12.8. The third-order valence-corrected chi connectivity index (χ3v) is 5.48. The van der Waals surface area contributed by atoms with E-state index < -0.39 is 5.92 Å². The lowest BCUT2D eigenvalue weighted by Gasteiger charge is -2.14. The van der Waals surface area contributed by atoms with Gasteiger partial charge in [0.25, 0.3) is 0 Å². The molecular formula is C20H16N4OS. The SMILES string of the molecule is CC1=NN(c2ccc(C(=O)[C@@H](C#N)c3nc4ccccc4s3)cc2)CC1. The molecule has 0 N–H and O–H groups in total. The summed E-state index contributed by atoms with van der Waals surface area (Å²) in [6, 6.07) is 17.1. The molecule has 1 aliphatic rings. The number of ketones is 1. The summed E-state index contributed by atoms with van der Waals surface area (Å²) in [7, 11) is 0. The molecule has 3 aromatic rings. The summed E-state index contributed by atoms with van der Waals surface area (Å²) in [6.45, 7) is 2.86. The zero-order chi connectivity index (χ0) is 18.1. The second-order valence-corrected chi connectivity index (χ2v) is 7.26. The van der Waals surface area contributed by atoms with Crippen molar-refractivity contribution in [1.82, 2.24) is 4.98 Å². The van der Waals surface area contributed by atoms with Crippen LogP contribution in [0.1, 0.15) is 34.6 Å². The third kappa shape index (κ3) is 2.98. The van der Waals surface area contributed by atoms with Crippen molar-refractivity contribution < 1.29 is 4.79 Å². The number of hydrazone groups is 1. The Morgan fingerprint density at radius 2 is 2.00 bits per heavy atom. The number of carbonyl (C=O) groups excluding carboxylic acids is 1. The van der Waals surface area contributed by atoms with E-state index in [1.807, 2.05) is 48.3 Å². The Morgan fingerprint density at radius 1 is 1.23 bits per heavy atom. The maximum Gasteiger partial charge on any atom is 0.186 e. The summed E-state index contributed by atoms with van der Waals surface area (Å²) in [6.07, 6.45) is 0.953. The minimum atomic E-state index is -0.884. The van der Waals surface area contributed by atoms with Gasteiger partial charge >= 0.3 is 0 Å². The Morgan fingerprint density at radius 3 is 2.65 bits per heavy atom. The number of anilines is 1. The maximum atomic E-state index is 12.8. The second kappa shape index (κ2) is 6.70. The molecule has 26 heavy (non-hydrogen) atoms. The highest BCUT2D eigenvalue weighted by Gasteiger charge is 2.25. The Labute approximate surface area is 155 Å². The van der Waals surface area contributed by atoms with Crippen LogP contribution in [0.2, 0.25) is 0 Å². The number of nitriles is 1. The summed E-state index contributed by atoms with van der Waals surface area (Å²) >= 11 is 1.40. The molecule has 1 aromatic heterocycles. The van der Waals surface area contributed by atoms with Gasteiger partial charge in [0.15, 0.2) is 11.7 Å². The summed E-state index contributed by atoms with van der Waals surface area (Å²) in [5.41, 5.74) is 3.38. The van der Waals surface area contributed by atoms with Gasteiger partial charge in [-0.05, 0) is 43.3 Å². The molecule has 2 heterocycles. The predicted octanol–water partition coefficient (Wildman–Crippen LogP) is 4.37. The van der Waals surface area contributed by atoms with E-state index in [9.17, 15) is 10.1 Å². The quantitative estimate of drug-likeness (QED) is 0.648. The lowest BCUT2D eigenvalue weighted by atomic mass is 9.99. The van der Waals surface area contributed by atoms with Crippen LogP contribution in [-0.2, 0) is 0 Å². The third-order valence-electron chi connectivity index (χ3n) is 4.38. The monoisotopic (exact) mass is 360 g/mol. The van der Waals surface area contributed by atoms with Gasteiger partial charge in [0.05, 0.1) is 22.0 Å². The number of thiazole rings is 1. The van der Waals surface area contributed by atoms with Gasteiger partial charge in [-0.25, -0.2) is 4.98 Å². The molecule has 2 aromatic carbocycles. The smallest absolute Gasteiger partial charge is 0.186 e. The van der Waals surface area contributed by atoms with Crippen LogP contribution in [-0.4, -0.2) is 23.0 Å².